The van der Waals surface area contributed by atoms with Gasteiger partial charge in [0.15, 0.2) is 0 Å². The molecule has 0 radical (unpaired) electrons. The highest BCUT2D eigenvalue weighted by atomic mass is 32.2. The van der Waals surface area contributed by atoms with E-state index >= 15 is 0 Å². The quantitative estimate of drug-likeness (QED) is 0.247. The summed E-state index contributed by atoms with van der Waals surface area (Å²) in [6.07, 6.45) is 7.72. The number of aliphatic carboxylic acids is 1. The molecule has 10 nitrogen and oxygen atoms in total. The van der Waals surface area contributed by atoms with Crippen molar-refractivity contribution in [2.24, 2.45) is 17.8 Å². The molecule has 0 aliphatic carbocycles. The van der Waals surface area contributed by atoms with E-state index < -0.39 is 46.3 Å². The van der Waals surface area contributed by atoms with E-state index in [-0.39, 0.29) is 24.7 Å². The van der Waals surface area contributed by atoms with Crippen molar-refractivity contribution in [1.82, 2.24) is 19.9 Å². The van der Waals surface area contributed by atoms with Gasteiger partial charge in [-0.2, -0.15) is 0 Å². The number of carboxylic acid groups (broad SMARTS) is 1. The zero-order valence-electron chi connectivity index (χ0n) is 25.9. The molecule has 1 aromatic heterocycles. The van der Waals surface area contributed by atoms with Crippen LogP contribution in [0.5, 0.6) is 0 Å². The second-order valence-corrected chi connectivity index (χ2v) is 13.8. The fraction of sp³-hybridized carbons (Fsp3) is 0.441. The zero-order valence-corrected chi connectivity index (χ0v) is 26.8. The van der Waals surface area contributed by atoms with Gasteiger partial charge in [0.1, 0.15) is 6.04 Å². The van der Waals surface area contributed by atoms with E-state index in [9.17, 15) is 27.9 Å². The van der Waals surface area contributed by atoms with Gasteiger partial charge in [0, 0.05) is 48.6 Å². The number of hydrogen-bond acceptors (Lipinski definition) is 5. The largest absolute Gasteiger partial charge is 0.481 e. The molecular weight excluding hydrogens is 592 g/mol. The Balaban J connectivity index is 1.57. The van der Waals surface area contributed by atoms with Gasteiger partial charge >= 0.3 is 5.97 Å². The Labute approximate surface area is 265 Å². The van der Waals surface area contributed by atoms with E-state index in [1.165, 1.54) is 6.08 Å². The van der Waals surface area contributed by atoms with Crippen LogP contribution in [0.25, 0.3) is 17.0 Å². The van der Waals surface area contributed by atoms with E-state index in [1.807, 2.05) is 50.4 Å². The van der Waals surface area contributed by atoms with Crippen molar-refractivity contribution in [1.29, 1.82) is 0 Å². The standard InChI is InChI=1S/C34H44N4O6S/c1-24(2)20-28(29(34(41)42)22-36-45(43,44)19-16-25-12-6-5-7-13-25)32(39)37-30-21-26-23-38(31-15-9-8-14-27(26)31)18-11-4-3-10-17-35-33(30)40/h5-9,12-16,19,23-24,28-30,36H,3-4,10-11,17-18,20-22H2,1-2H3,(H,35,40)(H,37,39)(H,41,42)/t28-,29?,30+/m1/s1. The molecule has 3 aromatic rings. The van der Waals surface area contributed by atoms with Crippen molar-refractivity contribution in [2.45, 2.75) is 65.0 Å². The number of carbonyl (C=O) groups is 3. The molecule has 0 saturated carbocycles. The summed E-state index contributed by atoms with van der Waals surface area (Å²) in [5.74, 6) is -4.73. The van der Waals surface area contributed by atoms with Crippen LogP contribution < -0.4 is 15.4 Å². The molecule has 0 fully saturated rings. The average molecular weight is 637 g/mol. The number of fused-ring (bicyclic) bond motifs is 5. The fourth-order valence-electron chi connectivity index (χ4n) is 5.82. The first-order chi connectivity index (χ1) is 21.5. The monoisotopic (exact) mass is 636 g/mol. The maximum Gasteiger partial charge on any atom is 0.308 e. The number of sulfonamides is 1. The minimum absolute atomic E-state index is 0.0657. The molecule has 1 unspecified atom stereocenters. The molecular formula is C34H44N4O6S. The summed E-state index contributed by atoms with van der Waals surface area (Å²) in [7, 11) is -3.99. The topological polar surface area (TPSA) is 147 Å². The predicted octanol–water partition coefficient (Wildman–Crippen LogP) is 4.31. The van der Waals surface area contributed by atoms with E-state index in [2.05, 4.69) is 19.9 Å². The highest BCUT2D eigenvalue weighted by molar-refractivity contribution is 7.92. The smallest absolute Gasteiger partial charge is 0.308 e. The number of hydrogen-bond donors (Lipinski definition) is 4. The van der Waals surface area contributed by atoms with Gasteiger partial charge in [0.25, 0.3) is 0 Å². The Bertz CT molecular complexity index is 1600. The Hall–Kier alpha value is -3.96. The number of aryl methyl sites for hydroxylation is 1. The summed E-state index contributed by atoms with van der Waals surface area (Å²) in [6.45, 7) is 4.59. The molecule has 2 bridgehead atoms. The third kappa shape index (κ3) is 9.76. The molecule has 1 aliphatic heterocycles. The molecule has 4 rings (SSSR count). The molecule has 4 N–H and O–H groups in total. The zero-order chi connectivity index (χ0) is 32.4. The van der Waals surface area contributed by atoms with Crippen LogP contribution in [0.4, 0.5) is 0 Å². The number of nitrogens with one attached hydrogen (secondary N) is 3. The van der Waals surface area contributed by atoms with Crippen LogP contribution in [0.2, 0.25) is 0 Å². The summed E-state index contributed by atoms with van der Waals surface area (Å²) < 4.78 is 30.0. The first-order valence-corrected chi connectivity index (χ1v) is 17.2. The fourth-order valence-corrected chi connectivity index (χ4v) is 6.67. The number of rotatable bonds is 11. The van der Waals surface area contributed by atoms with Gasteiger partial charge < -0.3 is 20.3 Å². The molecule has 2 heterocycles. The highest BCUT2D eigenvalue weighted by Crippen LogP contribution is 2.26. The summed E-state index contributed by atoms with van der Waals surface area (Å²) in [4.78, 5) is 39.8. The van der Waals surface area contributed by atoms with E-state index in [1.54, 1.807) is 24.3 Å². The normalized spacial score (nSPS) is 18.0. The maximum absolute atomic E-state index is 13.9. The molecule has 2 amide bonds. The molecule has 1 aliphatic rings. The van der Waals surface area contributed by atoms with E-state index in [4.69, 9.17) is 0 Å². The first kappa shape index (κ1) is 33.9. The van der Waals surface area contributed by atoms with Crippen LogP contribution >= 0.6 is 0 Å². The van der Waals surface area contributed by atoms with Crippen LogP contribution in [-0.2, 0) is 37.4 Å². The third-order valence-corrected chi connectivity index (χ3v) is 9.23. The minimum atomic E-state index is -3.99. The predicted molar refractivity (Wildman–Crippen MR) is 176 cm³/mol. The number of amides is 2. The summed E-state index contributed by atoms with van der Waals surface area (Å²) in [5.41, 5.74) is 2.65. The lowest BCUT2D eigenvalue weighted by molar-refractivity contribution is -0.147. The SMILES string of the molecule is CC(C)C[C@@H](C(=O)N[C@H]1Cc2cn(c3ccccc23)CCCCCCNC1=O)C(CNS(=O)(=O)C=Cc1ccccc1)C(=O)O. The summed E-state index contributed by atoms with van der Waals surface area (Å²) in [6, 6.07) is 15.9. The van der Waals surface area contributed by atoms with Crippen LogP contribution in [0.3, 0.4) is 0 Å². The van der Waals surface area contributed by atoms with Crippen LogP contribution in [-0.4, -0.2) is 55.0 Å². The van der Waals surface area contributed by atoms with Crippen LogP contribution in [0.1, 0.15) is 57.1 Å². The lowest BCUT2D eigenvalue weighted by atomic mass is 9.84. The van der Waals surface area contributed by atoms with Gasteiger partial charge in [0.2, 0.25) is 21.8 Å². The molecule has 3 atom stereocenters. The molecule has 242 valence electrons. The van der Waals surface area contributed by atoms with Gasteiger partial charge in [-0.15, -0.1) is 0 Å². The summed E-state index contributed by atoms with van der Waals surface area (Å²) in [5, 5.41) is 18.0. The first-order valence-electron chi connectivity index (χ1n) is 15.6. The Morgan fingerprint density at radius 3 is 2.47 bits per heavy atom. The number of para-hydroxylation sites is 1. The average Bonchev–Trinajstić information content (AvgIpc) is 3.36. The second kappa shape index (κ2) is 15.9. The number of carboxylic acids is 1. The number of aromatic nitrogens is 1. The Kier molecular flexibility index (Phi) is 12.0. The minimum Gasteiger partial charge on any atom is -0.481 e. The van der Waals surface area contributed by atoms with Crippen molar-refractivity contribution < 1.29 is 27.9 Å². The maximum atomic E-state index is 13.9. The van der Waals surface area contributed by atoms with Crippen LogP contribution in [0, 0.1) is 17.8 Å². The van der Waals surface area contributed by atoms with Gasteiger partial charge in [-0.05, 0) is 48.4 Å². The third-order valence-electron chi connectivity index (χ3n) is 8.16. The Morgan fingerprint density at radius 1 is 1.02 bits per heavy atom. The Morgan fingerprint density at radius 2 is 1.73 bits per heavy atom. The number of nitrogens with zero attached hydrogens (tertiary/aromatic N) is 1. The van der Waals surface area contributed by atoms with Crippen LogP contribution in [0.15, 0.2) is 66.2 Å². The molecule has 45 heavy (non-hydrogen) atoms. The molecule has 11 heteroatoms. The number of carbonyl (C=O) groups excluding carboxylic acids is 2. The lowest BCUT2D eigenvalue weighted by Crippen LogP contribution is -2.52. The molecule has 0 saturated heterocycles. The van der Waals surface area contributed by atoms with Gasteiger partial charge in [-0.3, -0.25) is 14.4 Å². The highest BCUT2D eigenvalue weighted by Gasteiger charge is 2.37. The molecule has 0 spiro atoms. The second-order valence-electron chi connectivity index (χ2n) is 12.1. The van der Waals surface area contributed by atoms with Crippen molar-refractivity contribution >= 4 is 44.8 Å². The van der Waals surface area contributed by atoms with Gasteiger partial charge in [-0.25, -0.2) is 13.1 Å². The van der Waals surface area contributed by atoms with Gasteiger partial charge in [-0.1, -0.05) is 75.2 Å². The summed E-state index contributed by atoms with van der Waals surface area (Å²) >= 11 is 0. The van der Waals surface area contributed by atoms with Crippen molar-refractivity contribution in [2.75, 3.05) is 13.1 Å². The number of benzene rings is 2. The van der Waals surface area contributed by atoms with Crippen molar-refractivity contribution in [3.63, 3.8) is 0 Å². The van der Waals surface area contributed by atoms with Crippen molar-refractivity contribution in [3.05, 3.63) is 77.3 Å². The van der Waals surface area contributed by atoms with E-state index in [0.29, 0.717) is 12.1 Å². The van der Waals surface area contributed by atoms with Gasteiger partial charge in [0.05, 0.1) is 11.8 Å². The lowest BCUT2D eigenvalue weighted by Gasteiger charge is -2.27. The molecule has 2 aromatic carbocycles. The van der Waals surface area contributed by atoms with E-state index in [0.717, 1.165) is 54.1 Å². The van der Waals surface area contributed by atoms with Crippen molar-refractivity contribution in [3.8, 4) is 0 Å².